The number of rotatable bonds is 5. The maximum atomic E-state index is 10.8. The monoisotopic (exact) mass is 332 g/mol. The molecule has 1 saturated heterocycles. The Morgan fingerprint density at radius 1 is 1.24 bits per heavy atom. The van der Waals surface area contributed by atoms with Gasteiger partial charge in [0.15, 0.2) is 0 Å². The van der Waals surface area contributed by atoms with Crippen LogP contribution in [0.25, 0.3) is 0 Å². The molecule has 5 nitrogen and oxygen atoms in total. The maximum absolute atomic E-state index is 10.8. The van der Waals surface area contributed by atoms with Gasteiger partial charge >= 0.3 is 6.09 Å². The lowest BCUT2D eigenvalue weighted by molar-refractivity contribution is 0.103. The van der Waals surface area contributed by atoms with Crippen molar-refractivity contribution in [3.05, 3.63) is 28.2 Å². The quantitative estimate of drug-likeness (QED) is 0.842. The predicted molar refractivity (Wildman–Crippen MR) is 82.6 cm³/mol. The topological polar surface area (TPSA) is 53.0 Å². The summed E-state index contributed by atoms with van der Waals surface area (Å²) >= 11 is 11.8. The van der Waals surface area contributed by atoms with Crippen LogP contribution in [0, 0.1) is 0 Å². The van der Waals surface area contributed by atoms with Gasteiger partial charge in [0.2, 0.25) is 0 Å². The smallest absolute Gasteiger partial charge is 0.407 e. The molecule has 7 heteroatoms. The van der Waals surface area contributed by atoms with E-state index < -0.39 is 6.09 Å². The van der Waals surface area contributed by atoms with Crippen LogP contribution in [-0.2, 0) is 0 Å². The highest BCUT2D eigenvalue weighted by atomic mass is 35.5. The molecule has 1 aromatic carbocycles. The van der Waals surface area contributed by atoms with E-state index in [0.717, 1.165) is 26.1 Å². The fourth-order valence-electron chi connectivity index (χ4n) is 2.23. The molecule has 0 saturated carbocycles. The molecular formula is C14H18Cl2N2O3. The van der Waals surface area contributed by atoms with Crippen LogP contribution in [-0.4, -0.2) is 60.3 Å². The van der Waals surface area contributed by atoms with E-state index in [1.807, 2.05) is 0 Å². The molecule has 0 unspecified atom stereocenters. The van der Waals surface area contributed by atoms with Crippen LogP contribution in [0.3, 0.4) is 0 Å². The zero-order chi connectivity index (χ0) is 15.2. The number of halogens is 2. The van der Waals surface area contributed by atoms with Crippen LogP contribution in [0.2, 0.25) is 10.0 Å². The fraction of sp³-hybridized carbons (Fsp3) is 0.500. The Kier molecular flexibility index (Phi) is 5.96. The summed E-state index contributed by atoms with van der Waals surface area (Å²) in [5.74, 6) is 0.636. The molecule has 21 heavy (non-hydrogen) atoms. The van der Waals surface area contributed by atoms with Gasteiger partial charge in [0.05, 0.1) is 11.6 Å². The first-order chi connectivity index (χ1) is 10.1. The molecule has 0 bridgehead atoms. The van der Waals surface area contributed by atoms with E-state index in [1.165, 1.54) is 4.90 Å². The third-order valence-corrected chi connectivity index (χ3v) is 3.94. The molecule has 1 aliphatic heterocycles. The number of nitrogens with zero attached hydrogens (tertiary/aromatic N) is 2. The lowest BCUT2D eigenvalue weighted by atomic mass is 10.3. The number of piperazine rings is 1. The first-order valence-electron chi connectivity index (χ1n) is 6.84. The van der Waals surface area contributed by atoms with Crippen molar-refractivity contribution in [3.63, 3.8) is 0 Å². The molecule has 0 aliphatic carbocycles. The first kappa shape index (κ1) is 16.2. The average molecular weight is 333 g/mol. The Hall–Kier alpha value is -1.17. The molecule has 1 heterocycles. The van der Waals surface area contributed by atoms with Gasteiger partial charge in [0.1, 0.15) is 5.75 Å². The number of hydrogen-bond acceptors (Lipinski definition) is 3. The molecule has 1 aromatic rings. The van der Waals surface area contributed by atoms with Gasteiger partial charge in [0, 0.05) is 37.7 Å². The van der Waals surface area contributed by atoms with E-state index in [2.05, 4.69) is 4.90 Å². The van der Waals surface area contributed by atoms with Gasteiger partial charge in [-0.2, -0.15) is 0 Å². The Morgan fingerprint density at radius 2 is 1.95 bits per heavy atom. The second kappa shape index (κ2) is 7.73. The fourth-order valence-corrected chi connectivity index (χ4v) is 2.69. The molecule has 0 spiro atoms. The van der Waals surface area contributed by atoms with E-state index in [1.54, 1.807) is 18.2 Å². The summed E-state index contributed by atoms with van der Waals surface area (Å²) in [5, 5.41) is 9.97. The minimum absolute atomic E-state index is 0.512. The third kappa shape index (κ3) is 4.95. The number of carboxylic acid groups (broad SMARTS) is 1. The predicted octanol–water partition coefficient (Wildman–Crippen LogP) is 3.06. The summed E-state index contributed by atoms with van der Waals surface area (Å²) in [6.07, 6.45) is 0.0295. The van der Waals surface area contributed by atoms with E-state index in [4.69, 9.17) is 33.0 Å². The Bertz CT molecular complexity index is 491. The Morgan fingerprint density at radius 3 is 2.57 bits per heavy atom. The van der Waals surface area contributed by atoms with Crippen LogP contribution in [0.15, 0.2) is 18.2 Å². The largest absolute Gasteiger partial charge is 0.492 e. The molecule has 1 N–H and O–H groups in total. The molecule has 0 radical (unpaired) electrons. The number of ether oxygens (including phenoxy) is 1. The van der Waals surface area contributed by atoms with Crippen molar-refractivity contribution in [2.75, 3.05) is 39.3 Å². The molecule has 0 aromatic heterocycles. The highest BCUT2D eigenvalue weighted by Crippen LogP contribution is 2.27. The van der Waals surface area contributed by atoms with Crippen molar-refractivity contribution in [1.82, 2.24) is 9.80 Å². The standard InChI is InChI=1S/C14H18Cl2N2O3/c15-11-2-3-13(12(16)10-11)21-9-1-4-17-5-7-18(8-6-17)14(19)20/h2-3,10H,1,4-9H2,(H,19,20). The number of benzene rings is 1. The van der Waals surface area contributed by atoms with Crippen molar-refractivity contribution >= 4 is 29.3 Å². The Balaban J connectivity index is 1.65. The maximum Gasteiger partial charge on any atom is 0.407 e. The van der Waals surface area contributed by atoms with Crippen LogP contribution in [0.4, 0.5) is 4.79 Å². The van der Waals surface area contributed by atoms with Gasteiger partial charge < -0.3 is 14.7 Å². The van der Waals surface area contributed by atoms with Gasteiger partial charge in [-0.3, -0.25) is 4.90 Å². The summed E-state index contributed by atoms with van der Waals surface area (Å²) in [6, 6.07) is 5.16. The third-order valence-electron chi connectivity index (χ3n) is 3.41. The number of amides is 1. The minimum Gasteiger partial charge on any atom is -0.492 e. The van der Waals surface area contributed by atoms with Gasteiger partial charge in [-0.1, -0.05) is 23.2 Å². The van der Waals surface area contributed by atoms with Gasteiger partial charge in [0.25, 0.3) is 0 Å². The normalized spacial score (nSPS) is 16.0. The summed E-state index contributed by atoms with van der Waals surface area (Å²) in [5.41, 5.74) is 0. The van der Waals surface area contributed by atoms with Crippen molar-refractivity contribution in [2.45, 2.75) is 6.42 Å². The van der Waals surface area contributed by atoms with Crippen LogP contribution in [0.1, 0.15) is 6.42 Å². The zero-order valence-electron chi connectivity index (χ0n) is 11.6. The van der Waals surface area contributed by atoms with Crippen LogP contribution in [0.5, 0.6) is 5.75 Å². The highest BCUT2D eigenvalue weighted by Gasteiger charge is 2.19. The summed E-state index contributed by atoms with van der Waals surface area (Å²) in [7, 11) is 0. The molecule has 1 amide bonds. The van der Waals surface area contributed by atoms with Gasteiger partial charge in [-0.05, 0) is 24.6 Å². The Labute approximate surface area is 134 Å². The summed E-state index contributed by atoms with van der Waals surface area (Å²) in [4.78, 5) is 14.5. The van der Waals surface area contributed by atoms with E-state index in [9.17, 15) is 4.79 Å². The van der Waals surface area contributed by atoms with Crippen molar-refractivity contribution in [2.24, 2.45) is 0 Å². The second-order valence-corrected chi connectivity index (χ2v) is 5.73. The lowest BCUT2D eigenvalue weighted by Gasteiger charge is -2.32. The molecular weight excluding hydrogens is 315 g/mol. The molecule has 2 rings (SSSR count). The highest BCUT2D eigenvalue weighted by molar-refractivity contribution is 6.35. The van der Waals surface area contributed by atoms with Crippen molar-refractivity contribution in [1.29, 1.82) is 0 Å². The van der Waals surface area contributed by atoms with Crippen LogP contribution < -0.4 is 4.74 Å². The minimum atomic E-state index is -0.838. The molecule has 116 valence electrons. The van der Waals surface area contributed by atoms with E-state index in [-0.39, 0.29) is 0 Å². The number of carbonyl (C=O) groups is 1. The molecule has 1 aliphatic rings. The summed E-state index contributed by atoms with van der Waals surface area (Å²) in [6.45, 7) is 4.14. The first-order valence-corrected chi connectivity index (χ1v) is 7.60. The molecule has 1 fully saturated rings. The van der Waals surface area contributed by atoms with Crippen molar-refractivity contribution in [3.8, 4) is 5.75 Å². The number of hydrogen-bond donors (Lipinski definition) is 1. The second-order valence-electron chi connectivity index (χ2n) is 4.89. The lowest BCUT2D eigenvalue weighted by Crippen LogP contribution is -2.48. The van der Waals surface area contributed by atoms with Crippen LogP contribution >= 0.6 is 23.2 Å². The zero-order valence-corrected chi connectivity index (χ0v) is 13.1. The van der Waals surface area contributed by atoms with E-state index in [0.29, 0.717) is 35.5 Å². The van der Waals surface area contributed by atoms with Crippen molar-refractivity contribution < 1.29 is 14.6 Å². The molecule has 0 atom stereocenters. The van der Waals surface area contributed by atoms with Gasteiger partial charge in [-0.15, -0.1) is 0 Å². The summed E-state index contributed by atoms with van der Waals surface area (Å²) < 4.78 is 5.62. The van der Waals surface area contributed by atoms with Gasteiger partial charge in [-0.25, -0.2) is 4.79 Å². The SMILES string of the molecule is O=C(O)N1CCN(CCCOc2ccc(Cl)cc2Cl)CC1. The van der Waals surface area contributed by atoms with E-state index >= 15 is 0 Å². The average Bonchev–Trinajstić information content (AvgIpc) is 2.46.